The molecule has 1 N–H and O–H groups in total. The van der Waals surface area contributed by atoms with Crippen LogP contribution in [0.4, 0.5) is 0 Å². The van der Waals surface area contributed by atoms with E-state index in [1.165, 1.54) is 5.57 Å². The summed E-state index contributed by atoms with van der Waals surface area (Å²) in [7, 11) is 0. The van der Waals surface area contributed by atoms with Crippen LogP contribution in [0.15, 0.2) is 42.0 Å². The van der Waals surface area contributed by atoms with E-state index in [1.54, 1.807) is 12.2 Å². The van der Waals surface area contributed by atoms with Crippen molar-refractivity contribution in [3.05, 3.63) is 52.6 Å². The van der Waals surface area contributed by atoms with Crippen LogP contribution in [0.3, 0.4) is 0 Å². The average Bonchev–Trinajstić information content (AvgIpc) is 2.52. The van der Waals surface area contributed by atoms with E-state index in [4.69, 9.17) is 11.6 Å². The molecule has 1 amide bonds. The van der Waals surface area contributed by atoms with Gasteiger partial charge in [0.1, 0.15) is 0 Å². The van der Waals surface area contributed by atoms with Crippen molar-refractivity contribution in [2.75, 3.05) is 19.6 Å². The van der Waals surface area contributed by atoms with Crippen LogP contribution in [0.5, 0.6) is 0 Å². The minimum atomic E-state index is -0.0345. The molecule has 1 heterocycles. The van der Waals surface area contributed by atoms with Crippen LogP contribution >= 0.6 is 11.6 Å². The van der Waals surface area contributed by atoms with Gasteiger partial charge in [0.05, 0.1) is 0 Å². The first-order valence-corrected chi connectivity index (χ1v) is 8.50. The van der Waals surface area contributed by atoms with Crippen LogP contribution in [0.1, 0.15) is 32.3 Å². The van der Waals surface area contributed by atoms with Gasteiger partial charge in [-0.1, -0.05) is 35.4 Å². The molecule has 124 valence electrons. The molecule has 1 aromatic rings. The van der Waals surface area contributed by atoms with Crippen molar-refractivity contribution in [1.29, 1.82) is 0 Å². The van der Waals surface area contributed by atoms with E-state index in [-0.39, 0.29) is 11.9 Å². The van der Waals surface area contributed by atoms with Gasteiger partial charge < -0.3 is 5.32 Å². The Hall–Kier alpha value is -1.58. The molecule has 0 aliphatic carbocycles. The Bertz CT molecular complexity index is 583. The van der Waals surface area contributed by atoms with Crippen molar-refractivity contribution in [2.24, 2.45) is 0 Å². The molecule has 1 aliphatic heterocycles. The maximum Gasteiger partial charge on any atom is 0.244 e. The largest absolute Gasteiger partial charge is 0.350 e. The van der Waals surface area contributed by atoms with Gasteiger partial charge >= 0.3 is 0 Å². The Balaban J connectivity index is 1.75. The zero-order valence-electron chi connectivity index (χ0n) is 13.9. The molecule has 0 aromatic heterocycles. The lowest BCUT2D eigenvalue weighted by Crippen LogP contribution is -2.44. The molecule has 2 rings (SSSR count). The van der Waals surface area contributed by atoms with Gasteiger partial charge in [-0.2, -0.15) is 0 Å². The second kappa shape index (κ2) is 8.90. The minimum absolute atomic E-state index is 0.0345. The number of carbonyl (C=O) groups is 1. The van der Waals surface area contributed by atoms with Gasteiger partial charge in [-0.3, -0.25) is 9.69 Å². The predicted octanol–water partition coefficient (Wildman–Crippen LogP) is 3.90. The summed E-state index contributed by atoms with van der Waals surface area (Å²) in [4.78, 5) is 14.4. The molecule has 0 unspecified atom stereocenters. The maximum atomic E-state index is 12.0. The fraction of sp³-hybridized carbons (Fsp3) is 0.421. The van der Waals surface area contributed by atoms with Crippen molar-refractivity contribution in [1.82, 2.24) is 10.2 Å². The Labute approximate surface area is 144 Å². The lowest BCUT2D eigenvalue weighted by molar-refractivity contribution is -0.117. The SMILES string of the molecule is CC(C)=CCN1CCC(NC(=O)/C=C/c2cccc(Cl)c2)CC1. The second-order valence-electron chi connectivity index (χ2n) is 6.25. The number of nitrogens with one attached hydrogen (secondary N) is 1. The highest BCUT2D eigenvalue weighted by molar-refractivity contribution is 6.30. The van der Waals surface area contributed by atoms with Gasteiger partial charge in [0, 0.05) is 36.8 Å². The van der Waals surface area contributed by atoms with Gasteiger partial charge in [0.15, 0.2) is 0 Å². The maximum absolute atomic E-state index is 12.0. The van der Waals surface area contributed by atoms with Gasteiger partial charge in [0.2, 0.25) is 5.91 Å². The van der Waals surface area contributed by atoms with Crippen molar-refractivity contribution >= 4 is 23.6 Å². The molecule has 0 spiro atoms. The first-order valence-electron chi connectivity index (χ1n) is 8.13. The van der Waals surface area contributed by atoms with E-state index in [0.717, 1.165) is 38.0 Å². The zero-order chi connectivity index (χ0) is 16.7. The van der Waals surface area contributed by atoms with Crippen LogP contribution in [0, 0.1) is 0 Å². The first kappa shape index (κ1) is 17.8. The lowest BCUT2D eigenvalue weighted by atomic mass is 10.0. The quantitative estimate of drug-likeness (QED) is 0.655. The number of nitrogens with zero attached hydrogens (tertiary/aromatic N) is 1. The first-order chi connectivity index (χ1) is 11.0. The minimum Gasteiger partial charge on any atom is -0.350 e. The number of likely N-dealkylation sites (tertiary alicyclic amines) is 1. The van der Waals surface area contributed by atoms with Crippen molar-refractivity contribution in [3.63, 3.8) is 0 Å². The Morgan fingerprint density at radius 1 is 1.35 bits per heavy atom. The van der Waals surface area contributed by atoms with Crippen LogP contribution in [0.2, 0.25) is 5.02 Å². The van der Waals surface area contributed by atoms with Crippen LogP contribution < -0.4 is 5.32 Å². The Morgan fingerprint density at radius 2 is 2.09 bits per heavy atom. The molecular weight excluding hydrogens is 308 g/mol. The standard InChI is InChI=1S/C19H25ClN2O/c1-15(2)8-11-22-12-9-18(10-13-22)21-19(23)7-6-16-4-3-5-17(20)14-16/h3-8,14,18H,9-13H2,1-2H3,(H,21,23)/b7-6+. The summed E-state index contributed by atoms with van der Waals surface area (Å²) < 4.78 is 0. The van der Waals surface area contributed by atoms with Crippen LogP contribution in [-0.2, 0) is 4.79 Å². The smallest absolute Gasteiger partial charge is 0.244 e. The summed E-state index contributed by atoms with van der Waals surface area (Å²) in [6.07, 6.45) is 7.65. The number of hydrogen-bond donors (Lipinski definition) is 1. The third-order valence-electron chi connectivity index (χ3n) is 3.97. The molecule has 23 heavy (non-hydrogen) atoms. The summed E-state index contributed by atoms with van der Waals surface area (Å²) in [5.41, 5.74) is 2.29. The fourth-order valence-electron chi connectivity index (χ4n) is 2.60. The number of hydrogen-bond acceptors (Lipinski definition) is 2. The third-order valence-corrected chi connectivity index (χ3v) is 4.20. The molecule has 3 nitrogen and oxygen atoms in total. The van der Waals surface area contributed by atoms with E-state index in [9.17, 15) is 4.79 Å². The highest BCUT2D eigenvalue weighted by atomic mass is 35.5. The highest BCUT2D eigenvalue weighted by Crippen LogP contribution is 2.13. The van der Waals surface area contributed by atoms with Crippen LogP contribution in [0.25, 0.3) is 6.08 Å². The normalized spacial score (nSPS) is 16.5. The Morgan fingerprint density at radius 3 is 2.74 bits per heavy atom. The molecule has 1 saturated heterocycles. The monoisotopic (exact) mass is 332 g/mol. The molecule has 1 aromatic carbocycles. The molecule has 1 aliphatic rings. The molecule has 0 bridgehead atoms. The number of benzene rings is 1. The van der Waals surface area contributed by atoms with Gasteiger partial charge in [0.25, 0.3) is 0 Å². The van der Waals surface area contributed by atoms with Crippen molar-refractivity contribution < 1.29 is 4.79 Å². The number of halogens is 1. The summed E-state index contributed by atoms with van der Waals surface area (Å²) in [6.45, 7) is 7.33. The van der Waals surface area contributed by atoms with Gasteiger partial charge in [-0.05, 0) is 50.5 Å². The van der Waals surface area contributed by atoms with Crippen molar-refractivity contribution in [2.45, 2.75) is 32.7 Å². The number of carbonyl (C=O) groups excluding carboxylic acids is 1. The summed E-state index contributed by atoms with van der Waals surface area (Å²) in [5.74, 6) is -0.0345. The average molecular weight is 333 g/mol. The van der Waals surface area contributed by atoms with Gasteiger partial charge in [-0.15, -0.1) is 0 Å². The number of amides is 1. The molecule has 0 radical (unpaired) electrons. The van der Waals surface area contributed by atoms with E-state index < -0.39 is 0 Å². The van der Waals surface area contributed by atoms with E-state index >= 15 is 0 Å². The molecule has 1 fully saturated rings. The zero-order valence-corrected chi connectivity index (χ0v) is 14.6. The number of allylic oxidation sites excluding steroid dienone is 1. The molecule has 0 saturated carbocycles. The topological polar surface area (TPSA) is 32.3 Å². The van der Waals surface area contributed by atoms with Crippen molar-refractivity contribution in [3.8, 4) is 0 Å². The summed E-state index contributed by atoms with van der Waals surface area (Å²) in [6, 6.07) is 7.74. The third kappa shape index (κ3) is 6.59. The van der Waals surface area contributed by atoms with Gasteiger partial charge in [-0.25, -0.2) is 0 Å². The number of piperidine rings is 1. The predicted molar refractivity (Wildman–Crippen MR) is 97.5 cm³/mol. The Kier molecular flexibility index (Phi) is 6.87. The summed E-state index contributed by atoms with van der Waals surface area (Å²) >= 11 is 5.93. The molecule has 0 atom stereocenters. The highest BCUT2D eigenvalue weighted by Gasteiger charge is 2.19. The fourth-order valence-corrected chi connectivity index (χ4v) is 2.80. The lowest BCUT2D eigenvalue weighted by Gasteiger charge is -2.31. The molecular formula is C19H25ClN2O. The summed E-state index contributed by atoms with van der Waals surface area (Å²) in [5, 5.41) is 3.77. The number of rotatable bonds is 5. The van der Waals surface area contributed by atoms with E-state index in [1.807, 2.05) is 24.3 Å². The second-order valence-corrected chi connectivity index (χ2v) is 6.69. The van der Waals surface area contributed by atoms with E-state index in [0.29, 0.717) is 5.02 Å². The van der Waals surface area contributed by atoms with Crippen LogP contribution in [-0.4, -0.2) is 36.5 Å². The molecule has 4 heteroatoms. The van der Waals surface area contributed by atoms with E-state index in [2.05, 4.69) is 30.1 Å².